The van der Waals surface area contributed by atoms with Crippen molar-refractivity contribution in [2.75, 3.05) is 60.2 Å². The van der Waals surface area contributed by atoms with Gasteiger partial charge in [-0.05, 0) is 57.6 Å². The van der Waals surface area contributed by atoms with Crippen LogP contribution < -0.4 is 16.0 Å². The zero-order valence-corrected chi connectivity index (χ0v) is 23.2. The Bertz CT molecular complexity index is 887. The van der Waals surface area contributed by atoms with Crippen LogP contribution in [0.2, 0.25) is 5.02 Å². The summed E-state index contributed by atoms with van der Waals surface area (Å²) in [7, 11) is 3.18. The third kappa shape index (κ3) is 9.25. The van der Waals surface area contributed by atoms with E-state index in [1.54, 1.807) is 17.0 Å². The predicted octanol–water partition coefficient (Wildman–Crippen LogP) is 4.11. The zero-order valence-electron chi connectivity index (χ0n) is 22.5. The van der Waals surface area contributed by atoms with E-state index in [1.807, 2.05) is 7.05 Å². The molecule has 1 aromatic rings. The lowest BCUT2D eigenvalue weighted by molar-refractivity contribution is -0.0106. The minimum atomic E-state index is -0.622. The van der Waals surface area contributed by atoms with Crippen LogP contribution in [-0.2, 0) is 14.2 Å². The summed E-state index contributed by atoms with van der Waals surface area (Å²) < 4.78 is 31.3. The average molecular weight is 557 g/mol. The molecule has 2 fully saturated rings. The van der Waals surface area contributed by atoms with Crippen molar-refractivity contribution >= 4 is 23.7 Å². The van der Waals surface area contributed by atoms with E-state index in [0.717, 1.165) is 51.7 Å². The van der Waals surface area contributed by atoms with Gasteiger partial charge in [0.15, 0.2) is 0 Å². The molecule has 0 saturated carbocycles. The highest BCUT2D eigenvalue weighted by Crippen LogP contribution is 2.36. The Kier molecular flexibility index (Phi) is 12.9. The molecule has 3 amide bonds. The summed E-state index contributed by atoms with van der Waals surface area (Å²) in [5, 5.41) is 9.03. The third-order valence-electron chi connectivity index (χ3n) is 7.28. The lowest BCUT2D eigenvalue weighted by Crippen LogP contribution is -2.52. The van der Waals surface area contributed by atoms with Crippen LogP contribution in [0.4, 0.5) is 14.0 Å². The van der Waals surface area contributed by atoms with Crippen molar-refractivity contribution in [2.45, 2.75) is 50.7 Å². The van der Waals surface area contributed by atoms with E-state index in [9.17, 15) is 9.59 Å². The van der Waals surface area contributed by atoms with Crippen LogP contribution in [0.25, 0.3) is 0 Å². The SMILES string of the molecule is CNC[C@H](CC1CCCOCC1)NC(=O)N1CCC[C@@H]([C@@H](OCCNC(=O)OC)c2cccc(Cl)c2F)C1. The molecular formula is C27H42ClFN4O5. The molecule has 1 aromatic carbocycles. The number of likely N-dealkylation sites (N-methyl/N-ethyl adjacent to an activating group) is 1. The van der Waals surface area contributed by atoms with E-state index in [-0.39, 0.29) is 36.2 Å². The monoisotopic (exact) mass is 556 g/mol. The molecule has 2 heterocycles. The fraction of sp³-hybridized carbons (Fsp3) is 0.704. The van der Waals surface area contributed by atoms with E-state index in [0.29, 0.717) is 31.1 Å². The molecule has 0 radical (unpaired) electrons. The second-order valence-electron chi connectivity index (χ2n) is 10.1. The molecule has 2 aliphatic rings. The number of rotatable bonds is 11. The van der Waals surface area contributed by atoms with E-state index in [2.05, 4.69) is 20.7 Å². The van der Waals surface area contributed by atoms with E-state index in [1.165, 1.54) is 13.2 Å². The highest BCUT2D eigenvalue weighted by Gasteiger charge is 2.33. The molecule has 0 bridgehead atoms. The molecule has 214 valence electrons. The second kappa shape index (κ2) is 16.1. The van der Waals surface area contributed by atoms with Gasteiger partial charge in [0.1, 0.15) is 5.82 Å². The van der Waals surface area contributed by atoms with Gasteiger partial charge >= 0.3 is 12.1 Å². The van der Waals surface area contributed by atoms with Crippen LogP contribution in [0.3, 0.4) is 0 Å². The summed E-state index contributed by atoms with van der Waals surface area (Å²) in [6, 6.07) is 4.75. The van der Waals surface area contributed by atoms with Crippen LogP contribution in [0, 0.1) is 17.7 Å². The molecule has 38 heavy (non-hydrogen) atoms. The fourth-order valence-electron chi connectivity index (χ4n) is 5.39. The summed E-state index contributed by atoms with van der Waals surface area (Å²) in [6.45, 7) is 3.69. The number of urea groups is 1. The maximum absolute atomic E-state index is 15.1. The van der Waals surface area contributed by atoms with Gasteiger partial charge in [-0.2, -0.15) is 0 Å². The van der Waals surface area contributed by atoms with Crippen molar-refractivity contribution < 1.29 is 28.2 Å². The van der Waals surface area contributed by atoms with Gasteiger partial charge in [0.2, 0.25) is 0 Å². The van der Waals surface area contributed by atoms with Crippen molar-refractivity contribution in [3.05, 3.63) is 34.6 Å². The van der Waals surface area contributed by atoms with Crippen molar-refractivity contribution in [3.8, 4) is 0 Å². The second-order valence-corrected chi connectivity index (χ2v) is 10.5. The molecule has 0 aromatic heterocycles. The third-order valence-corrected chi connectivity index (χ3v) is 7.57. The first-order valence-electron chi connectivity index (χ1n) is 13.6. The van der Waals surface area contributed by atoms with Gasteiger partial charge in [0.05, 0.1) is 24.8 Å². The van der Waals surface area contributed by atoms with Gasteiger partial charge in [0, 0.05) is 56.9 Å². The fourth-order valence-corrected chi connectivity index (χ4v) is 5.57. The van der Waals surface area contributed by atoms with Crippen molar-refractivity contribution in [2.24, 2.45) is 11.8 Å². The highest BCUT2D eigenvalue weighted by molar-refractivity contribution is 6.30. The van der Waals surface area contributed by atoms with Crippen molar-refractivity contribution in [3.63, 3.8) is 0 Å². The predicted molar refractivity (Wildman–Crippen MR) is 144 cm³/mol. The van der Waals surface area contributed by atoms with Gasteiger partial charge in [-0.3, -0.25) is 0 Å². The van der Waals surface area contributed by atoms with Gasteiger partial charge in [-0.25, -0.2) is 14.0 Å². The number of nitrogens with zero attached hydrogens (tertiary/aromatic N) is 1. The lowest BCUT2D eigenvalue weighted by Gasteiger charge is -2.38. The number of amides is 3. The number of alkyl carbamates (subject to hydrolysis) is 1. The molecule has 2 aliphatic heterocycles. The number of methoxy groups -OCH3 is 1. The molecule has 11 heteroatoms. The molecule has 3 rings (SSSR count). The van der Waals surface area contributed by atoms with Gasteiger partial charge in [-0.15, -0.1) is 0 Å². The molecule has 2 saturated heterocycles. The van der Waals surface area contributed by atoms with Crippen molar-refractivity contribution in [1.82, 2.24) is 20.9 Å². The molecule has 1 unspecified atom stereocenters. The number of halogens is 2. The first-order valence-corrected chi connectivity index (χ1v) is 14.0. The number of nitrogens with one attached hydrogen (secondary N) is 3. The Morgan fingerprint density at radius 2 is 2.08 bits per heavy atom. The molecule has 0 spiro atoms. The van der Waals surface area contributed by atoms with Crippen LogP contribution >= 0.6 is 11.6 Å². The van der Waals surface area contributed by atoms with Crippen molar-refractivity contribution in [1.29, 1.82) is 0 Å². The normalized spacial score (nSPS) is 21.7. The topological polar surface area (TPSA) is 101 Å². The van der Waals surface area contributed by atoms with Gasteiger partial charge in [0.25, 0.3) is 0 Å². The van der Waals surface area contributed by atoms with Gasteiger partial charge in [-0.1, -0.05) is 23.7 Å². The molecule has 9 nitrogen and oxygen atoms in total. The first-order chi connectivity index (χ1) is 18.4. The number of hydrogen-bond acceptors (Lipinski definition) is 6. The summed E-state index contributed by atoms with van der Waals surface area (Å²) in [4.78, 5) is 26.6. The Morgan fingerprint density at radius 3 is 2.87 bits per heavy atom. The first kappa shape index (κ1) is 30.4. The Morgan fingerprint density at radius 1 is 1.24 bits per heavy atom. The van der Waals surface area contributed by atoms with Gasteiger partial charge < -0.3 is 35.1 Å². The van der Waals surface area contributed by atoms with Crippen LogP contribution in [0.15, 0.2) is 18.2 Å². The quantitative estimate of drug-likeness (QED) is 0.355. The summed E-state index contributed by atoms with van der Waals surface area (Å²) in [5.74, 6) is -0.141. The highest BCUT2D eigenvalue weighted by atomic mass is 35.5. The van der Waals surface area contributed by atoms with Crippen LogP contribution in [0.1, 0.15) is 50.2 Å². The molecular weight excluding hydrogens is 515 g/mol. The zero-order chi connectivity index (χ0) is 27.3. The molecule has 4 atom stereocenters. The van der Waals surface area contributed by atoms with Crippen LogP contribution in [-0.4, -0.2) is 83.2 Å². The van der Waals surface area contributed by atoms with Crippen LogP contribution in [0.5, 0.6) is 0 Å². The minimum absolute atomic E-state index is 0.0118. The van der Waals surface area contributed by atoms with E-state index < -0.39 is 18.0 Å². The number of ether oxygens (including phenoxy) is 3. The number of likely N-dealkylation sites (tertiary alicyclic amines) is 1. The largest absolute Gasteiger partial charge is 0.453 e. The average Bonchev–Trinajstić information content (AvgIpc) is 3.19. The number of piperidine rings is 1. The number of hydrogen-bond donors (Lipinski definition) is 3. The number of benzene rings is 1. The molecule has 3 N–H and O–H groups in total. The number of carbonyl (C=O) groups is 2. The molecule has 0 aliphatic carbocycles. The minimum Gasteiger partial charge on any atom is -0.453 e. The standard InChI is InChI=1S/C27H42ClFN4O5/c1-30-17-21(16-19-6-5-13-37-14-10-19)32-26(34)33-12-4-7-20(18-33)25(38-15-11-31-27(35)36-2)22-8-3-9-23(28)24(22)29/h3,8-9,19-21,25,30H,4-7,10-18H2,1-2H3,(H,31,35)(H,32,34)/t19?,20-,21+,25-/m1/s1. The maximum atomic E-state index is 15.1. The summed E-state index contributed by atoms with van der Waals surface area (Å²) in [5.41, 5.74) is 0.353. The summed E-state index contributed by atoms with van der Waals surface area (Å²) >= 11 is 6.08. The smallest absolute Gasteiger partial charge is 0.406 e. The summed E-state index contributed by atoms with van der Waals surface area (Å²) in [6.07, 6.45) is 4.43. The Balaban J connectivity index is 1.66. The Hall–Kier alpha value is -2.14. The Labute approximate surface area is 230 Å². The van der Waals surface area contributed by atoms with E-state index in [4.69, 9.17) is 21.1 Å². The maximum Gasteiger partial charge on any atom is 0.406 e. The lowest BCUT2D eigenvalue weighted by atomic mass is 9.88. The number of carbonyl (C=O) groups excluding carboxylic acids is 2. The van der Waals surface area contributed by atoms with E-state index >= 15 is 4.39 Å².